The predicted octanol–water partition coefficient (Wildman–Crippen LogP) is 2.74. The van der Waals surface area contributed by atoms with Crippen LogP contribution in [-0.4, -0.2) is 6.17 Å². The molecule has 0 aromatic rings. The summed E-state index contributed by atoms with van der Waals surface area (Å²) in [7, 11) is 0. The van der Waals surface area contributed by atoms with Gasteiger partial charge in [-0.15, -0.1) is 0 Å². The molecule has 1 radical (unpaired) electrons. The summed E-state index contributed by atoms with van der Waals surface area (Å²) in [5, 5.41) is 0. The third-order valence-corrected chi connectivity index (χ3v) is 1.12. The third-order valence-electron chi connectivity index (χ3n) is 1.12. The molecular weight excluding hydrogens is 103 g/mol. The van der Waals surface area contributed by atoms with Crippen LogP contribution in [0.1, 0.15) is 32.6 Å². The maximum atomic E-state index is 11.9. The Kier molecular flexibility index (Phi) is 5.03. The second-order valence-electron chi connectivity index (χ2n) is 2.09. The first-order chi connectivity index (χ1) is 3.77. The highest BCUT2D eigenvalue weighted by Crippen LogP contribution is 2.04. The number of hydrogen-bond donors (Lipinski definition) is 0. The fourth-order valence-corrected chi connectivity index (χ4v) is 0.616. The zero-order chi connectivity index (χ0) is 6.41. The molecule has 0 saturated carbocycles. The van der Waals surface area contributed by atoms with E-state index in [0.29, 0.717) is 6.42 Å². The van der Waals surface area contributed by atoms with E-state index in [0.717, 1.165) is 19.3 Å². The monoisotopic (exact) mass is 117 g/mol. The van der Waals surface area contributed by atoms with Gasteiger partial charge in [0.2, 0.25) is 0 Å². The molecule has 1 atom stereocenters. The van der Waals surface area contributed by atoms with Crippen molar-refractivity contribution in [2.75, 3.05) is 0 Å². The molecule has 0 aliphatic rings. The Balaban J connectivity index is 2.72. The molecule has 49 valence electrons. The van der Waals surface area contributed by atoms with Crippen LogP contribution in [0, 0.1) is 6.92 Å². The van der Waals surface area contributed by atoms with Gasteiger partial charge in [-0.25, -0.2) is 4.39 Å². The molecular formula is C7H14F. The lowest BCUT2D eigenvalue weighted by molar-refractivity contribution is 0.363. The molecule has 0 fully saturated rings. The Hall–Kier alpha value is -0.0700. The van der Waals surface area contributed by atoms with Crippen molar-refractivity contribution in [1.29, 1.82) is 0 Å². The number of hydrogen-bond acceptors (Lipinski definition) is 0. The van der Waals surface area contributed by atoms with E-state index in [9.17, 15) is 4.39 Å². The van der Waals surface area contributed by atoms with Gasteiger partial charge >= 0.3 is 0 Å². The first-order valence-corrected chi connectivity index (χ1v) is 3.24. The minimum absolute atomic E-state index is 0.633. The van der Waals surface area contributed by atoms with Crippen molar-refractivity contribution in [3.05, 3.63) is 6.92 Å². The summed E-state index contributed by atoms with van der Waals surface area (Å²) in [4.78, 5) is 0. The summed E-state index contributed by atoms with van der Waals surface area (Å²) < 4.78 is 11.9. The molecule has 8 heavy (non-hydrogen) atoms. The van der Waals surface area contributed by atoms with Gasteiger partial charge in [-0.1, -0.05) is 26.2 Å². The predicted molar refractivity (Wildman–Crippen MR) is 34.4 cm³/mol. The smallest absolute Gasteiger partial charge is 0.100 e. The zero-order valence-electron chi connectivity index (χ0n) is 5.49. The summed E-state index contributed by atoms with van der Waals surface area (Å²) >= 11 is 0. The highest BCUT2D eigenvalue weighted by Gasteiger charge is 1.94. The summed E-state index contributed by atoms with van der Waals surface area (Å²) in [5.41, 5.74) is 0. The van der Waals surface area contributed by atoms with Crippen LogP contribution in [0.25, 0.3) is 0 Å². The largest absolute Gasteiger partial charge is 0.247 e. The van der Waals surface area contributed by atoms with Crippen LogP contribution in [0.3, 0.4) is 0 Å². The molecule has 0 aromatic heterocycles. The van der Waals surface area contributed by atoms with Gasteiger partial charge in [0, 0.05) is 0 Å². The quantitative estimate of drug-likeness (QED) is 0.497. The average Bonchev–Trinajstić information content (AvgIpc) is 1.66. The van der Waals surface area contributed by atoms with E-state index in [-0.39, 0.29) is 0 Å². The molecule has 0 N–H and O–H groups in total. The summed E-state index contributed by atoms with van der Waals surface area (Å²) in [5.74, 6) is 0. The second kappa shape index (κ2) is 5.07. The SMILES string of the molecule is [CH2][C@@H](F)CCCCC. The van der Waals surface area contributed by atoms with Crippen molar-refractivity contribution in [3.8, 4) is 0 Å². The number of unbranched alkanes of at least 4 members (excludes halogenated alkanes) is 2. The van der Waals surface area contributed by atoms with E-state index in [2.05, 4.69) is 13.8 Å². The normalized spacial score (nSPS) is 13.9. The Morgan fingerprint density at radius 2 is 2.12 bits per heavy atom. The van der Waals surface area contributed by atoms with E-state index in [4.69, 9.17) is 0 Å². The first-order valence-electron chi connectivity index (χ1n) is 3.24. The molecule has 0 bridgehead atoms. The van der Waals surface area contributed by atoms with Crippen LogP contribution in [-0.2, 0) is 0 Å². The maximum Gasteiger partial charge on any atom is 0.100 e. The van der Waals surface area contributed by atoms with Crippen molar-refractivity contribution in [3.63, 3.8) is 0 Å². The van der Waals surface area contributed by atoms with Gasteiger partial charge in [-0.05, 0) is 13.3 Å². The minimum atomic E-state index is -0.846. The molecule has 0 aromatic carbocycles. The third kappa shape index (κ3) is 5.93. The van der Waals surface area contributed by atoms with Crippen molar-refractivity contribution >= 4 is 0 Å². The van der Waals surface area contributed by atoms with E-state index in [1.165, 1.54) is 0 Å². The summed E-state index contributed by atoms with van der Waals surface area (Å²) in [6.45, 7) is 5.35. The molecule has 0 heterocycles. The van der Waals surface area contributed by atoms with Crippen molar-refractivity contribution in [2.24, 2.45) is 0 Å². The zero-order valence-corrected chi connectivity index (χ0v) is 5.49. The minimum Gasteiger partial charge on any atom is -0.247 e. The highest BCUT2D eigenvalue weighted by atomic mass is 19.1. The van der Waals surface area contributed by atoms with Gasteiger partial charge < -0.3 is 0 Å². The molecule has 1 heteroatoms. The van der Waals surface area contributed by atoms with E-state index >= 15 is 0 Å². The maximum absolute atomic E-state index is 11.9. The fraction of sp³-hybridized carbons (Fsp3) is 0.857. The lowest BCUT2D eigenvalue weighted by Crippen LogP contribution is -1.90. The van der Waals surface area contributed by atoms with Gasteiger partial charge in [0.1, 0.15) is 6.17 Å². The molecule has 0 unspecified atom stereocenters. The van der Waals surface area contributed by atoms with E-state index in [1.807, 2.05) is 0 Å². The lowest BCUT2D eigenvalue weighted by atomic mass is 10.1. The van der Waals surface area contributed by atoms with Crippen LogP contribution in [0.2, 0.25) is 0 Å². The van der Waals surface area contributed by atoms with Crippen molar-refractivity contribution in [1.82, 2.24) is 0 Å². The summed E-state index contributed by atoms with van der Waals surface area (Å²) in [6, 6.07) is 0. The van der Waals surface area contributed by atoms with Crippen LogP contribution in [0.5, 0.6) is 0 Å². The second-order valence-corrected chi connectivity index (χ2v) is 2.09. The number of alkyl halides is 1. The Morgan fingerprint density at radius 3 is 2.50 bits per heavy atom. The molecule has 0 aliphatic carbocycles. The standard InChI is InChI=1S/C7H14F/c1-3-4-5-6-7(2)8/h7H,2-6H2,1H3/t7-/m1/s1. The highest BCUT2D eigenvalue weighted by molar-refractivity contribution is 4.56. The molecule has 0 amide bonds. The molecule has 0 rings (SSSR count). The lowest BCUT2D eigenvalue weighted by Gasteiger charge is -1.97. The molecule has 0 spiro atoms. The summed E-state index contributed by atoms with van der Waals surface area (Å²) in [6.07, 6.45) is 3.07. The van der Waals surface area contributed by atoms with E-state index < -0.39 is 6.17 Å². The van der Waals surface area contributed by atoms with Crippen LogP contribution < -0.4 is 0 Å². The average molecular weight is 117 g/mol. The molecule has 0 nitrogen and oxygen atoms in total. The molecule has 0 saturated heterocycles. The van der Waals surface area contributed by atoms with Gasteiger partial charge in [-0.2, -0.15) is 0 Å². The van der Waals surface area contributed by atoms with E-state index in [1.54, 1.807) is 0 Å². The van der Waals surface area contributed by atoms with Gasteiger partial charge in [0.05, 0.1) is 0 Å². The Bertz CT molecular complexity index is 41.7. The van der Waals surface area contributed by atoms with Crippen molar-refractivity contribution < 1.29 is 4.39 Å². The van der Waals surface area contributed by atoms with Gasteiger partial charge in [-0.3, -0.25) is 0 Å². The van der Waals surface area contributed by atoms with Crippen LogP contribution >= 0.6 is 0 Å². The Morgan fingerprint density at radius 1 is 1.50 bits per heavy atom. The van der Waals surface area contributed by atoms with Crippen LogP contribution in [0.15, 0.2) is 0 Å². The first kappa shape index (κ1) is 7.93. The number of rotatable bonds is 4. The fourth-order valence-electron chi connectivity index (χ4n) is 0.616. The van der Waals surface area contributed by atoms with Crippen LogP contribution in [0.4, 0.5) is 4.39 Å². The van der Waals surface area contributed by atoms with Gasteiger partial charge in [0.15, 0.2) is 0 Å². The topological polar surface area (TPSA) is 0 Å². The number of halogens is 1. The molecule has 0 aliphatic heterocycles. The Labute approximate surface area is 51.1 Å². The van der Waals surface area contributed by atoms with Crippen molar-refractivity contribution in [2.45, 2.75) is 38.8 Å². The van der Waals surface area contributed by atoms with Gasteiger partial charge in [0.25, 0.3) is 0 Å².